The third-order valence-electron chi connectivity index (χ3n) is 3.95. The average Bonchev–Trinajstić information content (AvgIpc) is 2.70. The molecule has 0 fully saturated rings. The molecule has 0 spiro atoms. The van der Waals surface area contributed by atoms with Crippen LogP contribution in [0.2, 0.25) is 0 Å². The number of benzene rings is 2. The number of methoxy groups -OCH3 is 1. The lowest BCUT2D eigenvalue weighted by Crippen LogP contribution is -2.45. The molecule has 0 aromatic heterocycles. The van der Waals surface area contributed by atoms with E-state index in [0.29, 0.717) is 5.75 Å². The van der Waals surface area contributed by atoms with E-state index in [1.54, 1.807) is 0 Å². The van der Waals surface area contributed by atoms with Crippen molar-refractivity contribution in [3.05, 3.63) is 54.1 Å². The molecule has 2 rings (SSSR count). The van der Waals surface area contributed by atoms with E-state index in [2.05, 4.69) is 10.0 Å². The van der Waals surface area contributed by atoms with Gasteiger partial charge in [0.25, 0.3) is 0 Å². The molecule has 1 amide bonds. The Morgan fingerprint density at radius 1 is 1.03 bits per heavy atom. The van der Waals surface area contributed by atoms with E-state index in [4.69, 9.17) is 9.47 Å². The fourth-order valence-electron chi connectivity index (χ4n) is 2.35. The van der Waals surface area contributed by atoms with Crippen LogP contribution in [0.4, 0.5) is 13.2 Å². The van der Waals surface area contributed by atoms with Gasteiger partial charge in [0.05, 0.1) is 30.2 Å². The molecule has 2 aromatic rings. The Balaban J connectivity index is 1.80. The molecular formula is C19H21F3N2O5S. The molecule has 0 aliphatic rings. The standard InChI is InChI=1S/C19H21F3N2O5S/c1-13(24-30(26,27)17-9-7-15(28-2)8-10-17)18(25)23-11-12-29-16-5-3-14(4-6-16)19(20,21)22/h3-10,13,24H,11-12H2,1-2H3,(H,23,25)/t13-/m0/s1. The van der Waals surface area contributed by atoms with Crippen molar-refractivity contribution in [2.75, 3.05) is 20.3 Å². The lowest BCUT2D eigenvalue weighted by molar-refractivity contribution is -0.137. The van der Waals surface area contributed by atoms with E-state index < -0.39 is 33.7 Å². The number of sulfonamides is 1. The second kappa shape index (κ2) is 9.81. The van der Waals surface area contributed by atoms with E-state index in [0.717, 1.165) is 12.1 Å². The van der Waals surface area contributed by atoms with Gasteiger partial charge in [0.2, 0.25) is 15.9 Å². The molecule has 0 saturated carbocycles. The van der Waals surface area contributed by atoms with Crippen LogP contribution >= 0.6 is 0 Å². The molecule has 30 heavy (non-hydrogen) atoms. The van der Waals surface area contributed by atoms with Gasteiger partial charge < -0.3 is 14.8 Å². The molecule has 0 heterocycles. The second-order valence-electron chi connectivity index (χ2n) is 6.18. The fraction of sp³-hybridized carbons (Fsp3) is 0.316. The van der Waals surface area contributed by atoms with Crippen molar-refractivity contribution in [3.8, 4) is 11.5 Å². The Labute approximate surface area is 172 Å². The van der Waals surface area contributed by atoms with Gasteiger partial charge in [-0.3, -0.25) is 4.79 Å². The first-order chi connectivity index (χ1) is 14.0. The molecule has 2 aromatic carbocycles. The summed E-state index contributed by atoms with van der Waals surface area (Å²) >= 11 is 0. The quantitative estimate of drug-likeness (QED) is 0.578. The van der Waals surface area contributed by atoms with Gasteiger partial charge in [-0.25, -0.2) is 8.42 Å². The van der Waals surface area contributed by atoms with Gasteiger partial charge in [-0.05, 0) is 55.5 Å². The highest BCUT2D eigenvalue weighted by atomic mass is 32.2. The maximum absolute atomic E-state index is 12.5. The predicted octanol–water partition coefficient (Wildman–Crippen LogP) is 2.58. The normalized spacial score (nSPS) is 12.8. The Hall–Kier alpha value is -2.79. The Morgan fingerprint density at radius 2 is 1.60 bits per heavy atom. The summed E-state index contributed by atoms with van der Waals surface area (Å²) in [5.74, 6) is 0.126. The first-order valence-corrected chi connectivity index (χ1v) is 10.3. The third-order valence-corrected chi connectivity index (χ3v) is 5.50. The maximum atomic E-state index is 12.5. The molecule has 1 atom stereocenters. The summed E-state index contributed by atoms with van der Waals surface area (Å²) in [6.07, 6.45) is -4.43. The Bertz CT molecular complexity index is 946. The lowest BCUT2D eigenvalue weighted by atomic mass is 10.2. The van der Waals surface area contributed by atoms with E-state index in [1.807, 2.05) is 0 Å². The van der Waals surface area contributed by atoms with Gasteiger partial charge in [-0.1, -0.05) is 0 Å². The van der Waals surface area contributed by atoms with Gasteiger partial charge in [0.15, 0.2) is 0 Å². The number of carbonyl (C=O) groups is 1. The molecule has 7 nitrogen and oxygen atoms in total. The molecule has 0 aliphatic carbocycles. The first-order valence-electron chi connectivity index (χ1n) is 8.77. The number of nitrogens with one attached hydrogen (secondary N) is 2. The summed E-state index contributed by atoms with van der Waals surface area (Å²) in [5.41, 5.74) is -0.791. The minimum absolute atomic E-state index is 0.00491. The van der Waals surface area contributed by atoms with Crippen molar-refractivity contribution in [1.82, 2.24) is 10.0 Å². The average molecular weight is 446 g/mol. The summed E-state index contributed by atoms with van der Waals surface area (Å²) in [4.78, 5) is 12.1. The minimum atomic E-state index is -4.43. The smallest absolute Gasteiger partial charge is 0.416 e. The zero-order valence-corrected chi connectivity index (χ0v) is 17.0. The zero-order valence-electron chi connectivity index (χ0n) is 16.2. The van der Waals surface area contributed by atoms with Gasteiger partial charge in [0, 0.05) is 0 Å². The van der Waals surface area contributed by atoms with Crippen LogP contribution in [0.3, 0.4) is 0 Å². The van der Waals surface area contributed by atoms with Crippen molar-refractivity contribution < 1.29 is 35.9 Å². The number of ether oxygens (including phenoxy) is 2. The molecule has 0 bridgehead atoms. The number of rotatable bonds is 9. The van der Waals surface area contributed by atoms with Gasteiger partial charge in [0.1, 0.15) is 18.1 Å². The van der Waals surface area contributed by atoms with Crippen molar-refractivity contribution >= 4 is 15.9 Å². The summed E-state index contributed by atoms with van der Waals surface area (Å²) < 4.78 is 74.7. The second-order valence-corrected chi connectivity index (χ2v) is 7.89. The monoisotopic (exact) mass is 446 g/mol. The van der Waals surface area contributed by atoms with Crippen molar-refractivity contribution in [1.29, 1.82) is 0 Å². The van der Waals surface area contributed by atoms with Crippen LogP contribution in [0, 0.1) is 0 Å². The van der Waals surface area contributed by atoms with Gasteiger partial charge in [-0.2, -0.15) is 17.9 Å². The Kier molecular flexibility index (Phi) is 7.68. The summed E-state index contributed by atoms with van der Waals surface area (Å²) in [6, 6.07) is 8.76. The summed E-state index contributed by atoms with van der Waals surface area (Å²) in [6.45, 7) is 1.41. The highest BCUT2D eigenvalue weighted by Gasteiger charge is 2.30. The largest absolute Gasteiger partial charge is 0.497 e. The highest BCUT2D eigenvalue weighted by Crippen LogP contribution is 2.30. The lowest BCUT2D eigenvalue weighted by Gasteiger charge is -2.15. The predicted molar refractivity (Wildman–Crippen MR) is 103 cm³/mol. The van der Waals surface area contributed by atoms with Gasteiger partial charge in [-0.15, -0.1) is 0 Å². The van der Waals surface area contributed by atoms with Crippen LogP contribution in [-0.4, -0.2) is 40.6 Å². The van der Waals surface area contributed by atoms with E-state index in [9.17, 15) is 26.4 Å². The number of alkyl halides is 3. The molecule has 0 radical (unpaired) electrons. The topological polar surface area (TPSA) is 93.7 Å². The maximum Gasteiger partial charge on any atom is 0.416 e. The van der Waals surface area contributed by atoms with Crippen LogP contribution in [0.5, 0.6) is 11.5 Å². The number of carbonyl (C=O) groups excluding carboxylic acids is 1. The van der Waals surface area contributed by atoms with Gasteiger partial charge >= 0.3 is 6.18 Å². The number of hydrogen-bond donors (Lipinski definition) is 2. The third kappa shape index (κ3) is 6.63. The minimum Gasteiger partial charge on any atom is -0.497 e. The summed E-state index contributed by atoms with van der Waals surface area (Å²) in [5, 5.41) is 2.49. The number of amides is 1. The molecule has 0 unspecified atom stereocenters. The number of halogens is 3. The molecule has 2 N–H and O–H groups in total. The van der Waals surface area contributed by atoms with Crippen LogP contribution in [-0.2, 0) is 21.0 Å². The number of hydrogen-bond acceptors (Lipinski definition) is 5. The molecule has 0 aliphatic heterocycles. The van der Waals surface area contributed by atoms with E-state index in [-0.39, 0.29) is 23.8 Å². The van der Waals surface area contributed by atoms with E-state index >= 15 is 0 Å². The van der Waals surface area contributed by atoms with Crippen LogP contribution in [0.25, 0.3) is 0 Å². The molecular weight excluding hydrogens is 425 g/mol. The highest BCUT2D eigenvalue weighted by molar-refractivity contribution is 7.89. The zero-order chi connectivity index (χ0) is 22.4. The van der Waals surface area contributed by atoms with Crippen LogP contribution in [0.15, 0.2) is 53.4 Å². The van der Waals surface area contributed by atoms with Crippen molar-refractivity contribution in [2.45, 2.75) is 24.0 Å². The van der Waals surface area contributed by atoms with Crippen LogP contribution in [0.1, 0.15) is 12.5 Å². The van der Waals surface area contributed by atoms with Crippen molar-refractivity contribution in [2.24, 2.45) is 0 Å². The first kappa shape index (κ1) is 23.5. The van der Waals surface area contributed by atoms with E-state index in [1.165, 1.54) is 50.4 Å². The Morgan fingerprint density at radius 3 is 2.13 bits per heavy atom. The molecule has 0 saturated heterocycles. The van der Waals surface area contributed by atoms with Crippen molar-refractivity contribution in [3.63, 3.8) is 0 Å². The fourth-order valence-corrected chi connectivity index (χ4v) is 3.55. The SMILES string of the molecule is COc1ccc(S(=O)(=O)N[C@@H](C)C(=O)NCCOc2ccc(C(F)(F)F)cc2)cc1. The molecule has 164 valence electrons. The summed E-state index contributed by atoms with van der Waals surface area (Å²) in [7, 11) is -2.45. The molecule has 11 heteroatoms. The van der Waals surface area contributed by atoms with Crippen LogP contribution < -0.4 is 19.5 Å².